The fourth-order valence-electron chi connectivity index (χ4n) is 4.63. The van der Waals surface area contributed by atoms with Crippen molar-refractivity contribution in [3.8, 4) is 0 Å². The van der Waals surface area contributed by atoms with Crippen LogP contribution >= 0.6 is 0 Å². The molecule has 0 N–H and O–H groups in total. The molecule has 1 aromatic rings. The van der Waals surface area contributed by atoms with Crippen LogP contribution in [0.4, 0.5) is 0 Å². The topological polar surface area (TPSA) is 28.2 Å². The van der Waals surface area contributed by atoms with E-state index in [-0.39, 0.29) is 39.2 Å². The minimum Gasteiger partial charge on any atom is -0.669 e. The summed E-state index contributed by atoms with van der Waals surface area (Å²) in [6, 6.07) is 9.07. The molecule has 0 aromatic heterocycles. The van der Waals surface area contributed by atoms with Crippen LogP contribution < -0.4 is 0 Å². The molecule has 0 fully saturated rings. The average molecular weight is 452 g/mol. The van der Waals surface area contributed by atoms with Crippen LogP contribution in [-0.4, -0.2) is 29.1 Å². The summed E-state index contributed by atoms with van der Waals surface area (Å²) >= 11 is 0. The van der Waals surface area contributed by atoms with Crippen molar-refractivity contribution in [2.45, 2.75) is 70.5 Å². The number of rotatable bonds is 4. The molecule has 2 atom stereocenters. The van der Waals surface area contributed by atoms with Gasteiger partial charge in [0.05, 0.1) is 0 Å². The molecule has 1 aromatic carbocycles. The summed E-state index contributed by atoms with van der Waals surface area (Å²) in [5, 5.41) is 0. The van der Waals surface area contributed by atoms with E-state index in [4.69, 9.17) is 9.96 Å². The Labute approximate surface area is 178 Å². The zero-order chi connectivity index (χ0) is 17.6. The van der Waals surface area contributed by atoms with E-state index in [1.54, 1.807) is 5.92 Å². The summed E-state index contributed by atoms with van der Waals surface area (Å²) < 4.78 is 0. The van der Waals surface area contributed by atoms with Gasteiger partial charge in [-0.2, -0.15) is 25.1 Å². The van der Waals surface area contributed by atoms with Crippen molar-refractivity contribution < 1.29 is 26.2 Å². The molecule has 0 bridgehead atoms. The molecule has 138 valence electrons. The molecule has 0 radical (unpaired) electrons. The third kappa shape index (κ3) is 5.25. The Kier molecular flexibility index (Phi) is 8.80. The summed E-state index contributed by atoms with van der Waals surface area (Å²) in [6.07, 6.45) is 0. The first-order chi connectivity index (χ1) is 10.4. The van der Waals surface area contributed by atoms with Gasteiger partial charge in [0.1, 0.15) is 0 Å². The Balaban J connectivity index is 0.00000288. The van der Waals surface area contributed by atoms with Gasteiger partial charge >= 0.3 is 26.2 Å². The fraction of sp³-hybridized carbons (Fsp3) is 0.600. The van der Waals surface area contributed by atoms with Crippen molar-refractivity contribution in [3.63, 3.8) is 0 Å². The van der Waals surface area contributed by atoms with Crippen molar-refractivity contribution >= 4 is 16.5 Å². The van der Waals surface area contributed by atoms with Crippen molar-refractivity contribution in [3.05, 3.63) is 58.7 Å². The van der Waals surface area contributed by atoms with E-state index in [0.717, 1.165) is 0 Å². The number of hydrogen-bond donors (Lipinski definition) is 0. The molecule has 2 nitrogen and oxygen atoms in total. The second-order valence-electron chi connectivity index (χ2n) is 9.05. The maximum Gasteiger partial charge on any atom is 4.00 e. The van der Waals surface area contributed by atoms with Crippen LogP contribution in [0.5, 0.6) is 0 Å². The van der Waals surface area contributed by atoms with Crippen LogP contribution in [0.25, 0.3) is 9.96 Å². The Morgan fingerprint density at radius 1 is 0.920 bits per heavy atom. The molecule has 2 unspecified atom stereocenters. The summed E-state index contributed by atoms with van der Waals surface area (Å²) in [5.41, 5.74) is 4.16. The Bertz CT molecular complexity index is 567. The van der Waals surface area contributed by atoms with Gasteiger partial charge in [-0.05, 0) is 0 Å². The van der Waals surface area contributed by atoms with Crippen LogP contribution in [0.1, 0.15) is 49.9 Å². The van der Waals surface area contributed by atoms with E-state index in [9.17, 15) is 0 Å². The van der Waals surface area contributed by atoms with Crippen molar-refractivity contribution in [2.24, 2.45) is 0 Å². The Hall–Kier alpha value is 0.457. The molecule has 1 aliphatic rings. The molecule has 0 saturated carbocycles. The maximum atomic E-state index is 5.32. The van der Waals surface area contributed by atoms with Crippen LogP contribution in [0.2, 0.25) is 26.2 Å². The third-order valence-corrected chi connectivity index (χ3v) is 11.9. The zero-order valence-electron chi connectivity index (χ0n) is 17.9. The molecule has 0 aliphatic heterocycles. The first-order valence-corrected chi connectivity index (χ1v) is 14.7. The van der Waals surface area contributed by atoms with Crippen LogP contribution in [-0.2, 0) is 26.2 Å². The first-order valence-electron chi connectivity index (χ1n) is 8.68. The van der Waals surface area contributed by atoms with E-state index >= 15 is 0 Å². The monoisotopic (exact) mass is 450 g/mol. The largest absolute Gasteiger partial charge is 4.00 e. The molecular formula is C20H36N2Si2Zr. The zero-order valence-corrected chi connectivity index (χ0v) is 22.3. The molecule has 0 spiro atoms. The summed E-state index contributed by atoms with van der Waals surface area (Å²) in [6.45, 7) is 18.7. The SMILES string of the molecule is C[N-][Si](C)(C)C1c2ccccc2C([Si](C)(C)[N-]C(C)(C)C)[C-]1C.[CH3-].[Zr+4]. The Morgan fingerprint density at radius 3 is 1.68 bits per heavy atom. The number of hydrogen-bond acceptors (Lipinski definition) is 0. The standard InChI is InChI=1S/C19H33N2Si2.CH3.Zr/c1-14-17(22(6,7)20-5)15-12-10-11-13-16(15)18(14)23(8,9)21-19(2,3)4;;/h10-13,17-18H,1-9H3;1H3;/q-3;-1;+4. The van der Waals surface area contributed by atoms with Gasteiger partial charge in [-0.15, -0.1) is 5.54 Å². The van der Waals surface area contributed by atoms with E-state index in [1.807, 2.05) is 7.05 Å². The van der Waals surface area contributed by atoms with Gasteiger partial charge < -0.3 is 23.3 Å². The molecular weight excluding hydrogens is 416 g/mol. The van der Waals surface area contributed by atoms with E-state index in [1.165, 1.54) is 11.1 Å². The van der Waals surface area contributed by atoms with Gasteiger partial charge in [-0.25, -0.2) is 0 Å². The van der Waals surface area contributed by atoms with Gasteiger partial charge in [-0.3, -0.25) is 0 Å². The minimum atomic E-state index is -1.78. The predicted octanol–water partition coefficient (Wildman–Crippen LogP) is 6.57. The first kappa shape index (κ1) is 25.5. The van der Waals surface area contributed by atoms with Gasteiger partial charge in [0.15, 0.2) is 0 Å². The smallest absolute Gasteiger partial charge is 0.669 e. The number of fused-ring (bicyclic) bond motifs is 1. The molecule has 5 heteroatoms. The van der Waals surface area contributed by atoms with Gasteiger partial charge in [0.25, 0.3) is 0 Å². The van der Waals surface area contributed by atoms with Gasteiger partial charge in [-0.1, -0.05) is 98.8 Å². The van der Waals surface area contributed by atoms with Gasteiger partial charge in [0, 0.05) is 0 Å². The molecule has 2 rings (SSSR count). The maximum absolute atomic E-state index is 5.32. The average Bonchev–Trinajstić information content (AvgIpc) is 2.69. The normalized spacial score (nSPS) is 21.3. The predicted molar refractivity (Wildman–Crippen MR) is 115 cm³/mol. The van der Waals surface area contributed by atoms with Crippen molar-refractivity contribution in [2.75, 3.05) is 7.05 Å². The van der Waals surface area contributed by atoms with Gasteiger partial charge in [0.2, 0.25) is 0 Å². The van der Waals surface area contributed by atoms with Crippen LogP contribution in [0.3, 0.4) is 0 Å². The Morgan fingerprint density at radius 2 is 1.32 bits per heavy atom. The quantitative estimate of drug-likeness (QED) is 0.365. The summed E-state index contributed by atoms with van der Waals surface area (Å²) in [7, 11) is -1.44. The second kappa shape index (κ2) is 8.64. The second-order valence-corrected chi connectivity index (χ2v) is 17.5. The number of benzene rings is 1. The van der Waals surface area contributed by atoms with E-state index in [2.05, 4.69) is 78.1 Å². The number of nitrogens with zero attached hydrogens (tertiary/aromatic N) is 2. The van der Waals surface area contributed by atoms with Crippen LogP contribution in [0, 0.1) is 13.3 Å². The molecule has 0 saturated heterocycles. The third-order valence-electron chi connectivity index (χ3n) is 5.14. The summed E-state index contributed by atoms with van der Waals surface area (Å²) in [4.78, 5) is 10.2. The van der Waals surface area contributed by atoms with E-state index in [0.29, 0.717) is 11.1 Å². The van der Waals surface area contributed by atoms with Crippen molar-refractivity contribution in [1.29, 1.82) is 0 Å². The molecule has 0 amide bonds. The fourth-order valence-corrected chi connectivity index (χ4v) is 11.5. The molecule has 0 heterocycles. The van der Waals surface area contributed by atoms with Crippen LogP contribution in [0.15, 0.2) is 24.3 Å². The summed E-state index contributed by atoms with van der Waals surface area (Å²) in [5.74, 6) is 1.62. The minimum absolute atomic E-state index is 0. The van der Waals surface area contributed by atoms with Crippen molar-refractivity contribution in [1.82, 2.24) is 0 Å². The molecule has 1 aliphatic carbocycles. The van der Waals surface area contributed by atoms with E-state index < -0.39 is 16.5 Å². The molecule has 25 heavy (non-hydrogen) atoms.